The lowest BCUT2D eigenvalue weighted by Crippen LogP contribution is -2.13. The molecule has 0 aliphatic heterocycles. The Labute approximate surface area is 72.1 Å². The minimum atomic E-state index is -1.81. The Morgan fingerprint density at radius 2 is 1.69 bits per heavy atom. The van der Waals surface area contributed by atoms with Crippen LogP contribution < -0.4 is 0 Å². The van der Waals surface area contributed by atoms with Crippen molar-refractivity contribution in [2.45, 2.75) is 6.42 Å². The third-order valence-electron chi connectivity index (χ3n) is 0.842. The fourth-order valence-electron chi connectivity index (χ4n) is 0.387. The van der Waals surface area contributed by atoms with Crippen LogP contribution in [0, 0.1) is 0 Å². The molecule has 7 nitrogen and oxygen atoms in total. The number of carbonyl (C=O) groups is 3. The maximum absolute atomic E-state index is 10.6. The molecule has 7 heteroatoms. The zero-order valence-electron chi connectivity index (χ0n) is 6.35. The lowest BCUT2D eigenvalue weighted by molar-refractivity contribution is -0.236. The minimum Gasteiger partial charge on any atom is -0.481 e. The van der Waals surface area contributed by atoms with Gasteiger partial charge in [0.1, 0.15) is 0 Å². The van der Waals surface area contributed by atoms with Crippen molar-refractivity contribution in [1.29, 1.82) is 0 Å². The van der Waals surface area contributed by atoms with Crippen LogP contribution in [0.5, 0.6) is 0 Å². The van der Waals surface area contributed by atoms with Gasteiger partial charge in [0.15, 0.2) is 0 Å². The fourth-order valence-corrected chi connectivity index (χ4v) is 0.387. The number of aliphatic carboxylic acids is 1. The molecule has 0 fully saturated rings. The molecule has 0 rings (SSSR count). The molecule has 0 amide bonds. The summed E-state index contributed by atoms with van der Waals surface area (Å²) in [5.41, 5.74) is -0.409. The number of carbonyl (C=O) groups excluding carboxylic acids is 1. The van der Waals surface area contributed by atoms with E-state index in [1.165, 1.54) is 0 Å². The van der Waals surface area contributed by atoms with Crippen molar-refractivity contribution in [1.82, 2.24) is 0 Å². The fraction of sp³-hybridized carbons (Fsp3) is 0.167. The molecule has 0 spiro atoms. The molecule has 0 unspecified atom stereocenters. The van der Waals surface area contributed by atoms with Crippen LogP contribution in [-0.4, -0.2) is 28.3 Å². The van der Waals surface area contributed by atoms with Crippen molar-refractivity contribution < 1.29 is 34.4 Å². The maximum Gasteiger partial charge on any atom is 0.547 e. The van der Waals surface area contributed by atoms with Gasteiger partial charge in [-0.05, 0) is 0 Å². The van der Waals surface area contributed by atoms with Crippen molar-refractivity contribution in [3.05, 3.63) is 12.2 Å². The van der Waals surface area contributed by atoms with E-state index in [0.717, 1.165) is 0 Å². The van der Waals surface area contributed by atoms with Gasteiger partial charge in [-0.3, -0.25) is 4.79 Å². The zero-order valence-corrected chi connectivity index (χ0v) is 6.35. The molecule has 0 saturated carbocycles. The average molecular weight is 190 g/mol. The molecule has 0 heterocycles. The molecule has 13 heavy (non-hydrogen) atoms. The number of rotatable bonds is 3. The number of hydrogen-bond donors (Lipinski definition) is 2. The Morgan fingerprint density at radius 1 is 1.15 bits per heavy atom. The van der Waals surface area contributed by atoms with Crippen molar-refractivity contribution in [2.75, 3.05) is 0 Å². The van der Waals surface area contributed by atoms with Gasteiger partial charge < -0.3 is 10.2 Å². The third kappa shape index (κ3) is 5.24. The molecular weight excluding hydrogens is 184 g/mol. The van der Waals surface area contributed by atoms with Gasteiger partial charge in [-0.1, -0.05) is 6.58 Å². The van der Waals surface area contributed by atoms with Crippen LogP contribution in [0.1, 0.15) is 6.42 Å². The van der Waals surface area contributed by atoms with Gasteiger partial charge in [-0.2, -0.15) is 0 Å². The van der Waals surface area contributed by atoms with E-state index in [2.05, 4.69) is 16.4 Å². The molecule has 72 valence electrons. The Bertz CT molecular complexity index is 254. The summed E-state index contributed by atoms with van der Waals surface area (Å²) in [6.07, 6.45) is -2.45. The summed E-state index contributed by atoms with van der Waals surface area (Å²) in [6.45, 7) is 3.04. The second-order valence-corrected chi connectivity index (χ2v) is 1.89. The van der Waals surface area contributed by atoms with Gasteiger partial charge >= 0.3 is 18.1 Å². The highest BCUT2D eigenvalue weighted by molar-refractivity contribution is 5.92. The summed E-state index contributed by atoms with van der Waals surface area (Å²) < 4.78 is 0. The van der Waals surface area contributed by atoms with E-state index in [1.807, 2.05) is 0 Å². The van der Waals surface area contributed by atoms with Crippen LogP contribution in [-0.2, 0) is 19.4 Å². The second kappa shape index (κ2) is 4.75. The van der Waals surface area contributed by atoms with E-state index >= 15 is 0 Å². The van der Waals surface area contributed by atoms with E-state index in [9.17, 15) is 14.4 Å². The summed E-state index contributed by atoms with van der Waals surface area (Å²) in [5, 5.41) is 16.1. The first-order valence-corrected chi connectivity index (χ1v) is 2.95. The first kappa shape index (κ1) is 11.0. The first-order chi connectivity index (χ1) is 5.93. The van der Waals surface area contributed by atoms with Crippen molar-refractivity contribution in [2.24, 2.45) is 0 Å². The predicted molar refractivity (Wildman–Crippen MR) is 36.6 cm³/mol. The molecule has 0 aromatic carbocycles. The molecule has 0 atom stereocenters. The largest absolute Gasteiger partial charge is 0.547 e. The van der Waals surface area contributed by atoms with E-state index in [0.29, 0.717) is 0 Å². The van der Waals surface area contributed by atoms with Crippen LogP contribution in [0.3, 0.4) is 0 Å². The van der Waals surface area contributed by atoms with Crippen molar-refractivity contribution in [3.63, 3.8) is 0 Å². The topological polar surface area (TPSA) is 110 Å². The molecule has 0 aliphatic carbocycles. The van der Waals surface area contributed by atoms with E-state index in [4.69, 9.17) is 10.2 Å². The zero-order chi connectivity index (χ0) is 10.4. The van der Waals surface area contributed by atoms with E-state index in [-0.39, 0.29) is 0 Å². The van der Waals surface area contributed by atoms with Crippen LogP contribution in [0.2, 0.25) is 0 Å². The van der Waals surface area contributed by atoms with Crippen LogP contribution in [0.4, 0.5) is 4.79 Å². The number of carboxylic acid groups (broad SMARTS) is 2. The van der Waals surface area contributed by atoms with Gasteiger partial charge in [0.05, 0.1) is 6.42 Å². The minimum absolute atomic E-state index is 0.409. The lowest BCUT2D eigenvalue weighted by atomic mass is 10.2. The Morgan fingerprint density at radius 3 is 2.08 bits per heavy atom. The summed E-state index contributed by atoms with van der Waals surface area (Å²) in [6, 6.07) is 0. The molecule has 2 N–H and O–H groups in total. The van der Waals surface area contributed by atoms with Crippen LogP contribution in [0.25, 0.3) is 0 Å². The second-order valence-electron chi connectivity index (χ2n) is 1.89. The maximum atomic E-state index is 10.6. The average Bonchev–Trinajstić information content (AvgIpc) is 1.98. The van der Waals surface area contributed by atoms with Crippen LogP contribution in [0.15, 0.2) is 12.2 Å². The summed E-state index contributed by atoms with van der Waals surface area (Å²) in [4.78, 5) is 37.4. The smallest absolute Gasteiger partial charge is 0.481 e. The normalized spacial score (nSPS) is 8.62. The summed E-state index contributed by atoms with van der Waals surface area (Å²) in [5.74, 6) is -2.51. The summed E-state index contributed by atoms with van der Waals surface area (Å²) in [7, 11) is 0. The lowest BCUT2D eigenvalue weighted by Gasteiger charge is -1.99. The van der Waals surface area contributed by atoms with E-state index < -0.39 is 30.1 Å². The Balaban J connectivity index is 3.90. The molecule has 0 aromatic heterocycles. The molecule has 0 aromatic rings. The van der Waals surface area contributed by atoms with Gasteiger partial charge in [-0.15, -0.1) is 0 Å². The predicted octanol–water partition coefficient (Wildman–Crippen LogP) is 0.170. The number of carboxylic acids is 1. The monoisotopic (exact) mass is 190 g/mol. The third-order valence-corrected chi connectivity index (χ3v) is 0.842. The highest BCUT2D eigenvalue weighted by atomic mass is 17.2. The molecular formula is C6H6O7. The standard InChI is InChI=1S/C6H6O7/c1-3(2-4(7)8)5(9)12-13-6(10)11/h1-2H2,(H,7,8)(H,10,11). The number of hydrogen-bond acceptors (Lipinski definition) is 5. The SMILES string of the molecule is C=C(CC(=O)O)C(=O)OOC(=O)O. The molecule has 0 saturated heterocycles. The summed E-state index contributed by atoms with van der Waals surface area (Å²) >= 11 is 0. The van der Waals surface area contributed by atoms with Crippen molar-refractivity contribution in [3.8, 4) is 0 Å². The van der Waals surface area contributed by atoms with Crippen molar-refractivity contribution >= 4 is 18.1 Å². The first-order valence-electron chi connectivity index (χ1n) is 2.95. The molecule has 0 radical (unpaired) electrons. The molecule has 0 aliphatic rings. The highest BCUT2D eigenvalue weighted by Crippen LogP contribution is 2.01. The van der Waals surface area contributed by atoms with Gasteiger partial charge in [0.2, 0.25) is 0 Å². The van der Waals surface area contributed by atoms with E-state index in [1.54, 1.807) is 0 Å². The van der Waals surface area contributed by atoms with Crippen LogP contribution >= 0.6 is 0 Å². The van der Waals surface area contributed by atoms with Gasteiger partial charge in [0.25, 0.3) is 0 Å². The van der Waals surface area contributed by atoms with Gasteiger partial charge in [-0.25, -0.2) is 19.4 Å². The van der Waals surface area contributed by atoms with Gasteiger partial charge in [0, 0.05) is 5.57 Å². The Hall–Kier alpha value is -2.05. The highest BCUT2D eigenvalue weighted by Gasteiger charge is 2.15. The molecule has 0 bridgehead atoms. The quantitative estimate of drug-likeness (QED) is 0.370. The Kier molecular flexibility index (Phi) is 4.00.